The van der Waals surface area contributed by atoms with Crippen molar-refractivity contribution in [2.75, 3.05) is 26.8 Å². The predicted molar refractivity (Wildman–Crippen MR) is 69.6 cm³/mol. The number of amides is 1. The van der Waals surface area contributed by atoms with Gasteiger partial charge in [0.1, 0.15) is 0 Å². The van der Waals surface area contributed by atoms with Gasteiger partial charge in [0.15, 0.2) is 0 Å². The third-order valence-electron chi connectivity index (χ3n) is 4.46. The number of ether oxygens (including phenoxy) is 1. The highest BCUT2D eigenvalue weighted by Gasteiger charge is 2.36. The van der Waals surface area contributed by atoms with E-state index >= 15 is 0 Å². The first-order valence-electron chi connectivity index (χ1n) is 7.12. The van der Waals surface area contributed by atoms with Crippen molar-refractivity contribution in [3.05, 3.63) is 0 Å². The number of hydrogen-bond acceptors (Lipinski definition) is 3. The highest BCUT2D eigenvalue weighted by atomic mass is 16.5. The van der Waals surface area contributed by atoms with Crippen molar-refractivity contribution in [1.29, 1.82) is 0 Å². The van der Waals surface area contributed by atoms with Gasteiger partial charge in [-0.15, -0.1) is 0 Å². The van der Waals surface area contributed by atoms with Gasteiger partial charge in [0.2, 0.25) is 5.91 Å². The normalized spacial score (nSPS) is 28.6. The number of rotatable bonds is 4. The maximum atomic E-state index is 12.3. The Labute approximate surface area is 113 Å². The summed E-state index contributed by atoms with van der Waals surface area (Å²) in [6.07, 6.45) is 3.88. The lowest BCUT2D eigenvalue weighted by molar-refractivity contribution is -0.141. The van der Waals surface area contributed by atoms with E-state index in [9.17, 15) is 9.59 Å². The molecule has 1 aliphatic heterocycles. The summed E-state index contributed by atoms with van der Waals surface area (Å²) in [6, 6.07) is 0. The number of carbonyl (C=O) groups excluding carboxylic acids is 1. The van der Waals surface area contributed by atoms with Gasteiger partial charge in [-0.25, -0.2) is 0 Å². The minimum Gasteiger partial charge on any atom is -0.481 e. The summed E-state index contributed by atoms with van der Waals surface area (Å²) in [5.41, 5.74) is 0. The molecule has 1 heterocycles. The van der Waals surface area contributed by atoms with E-state index in [0.29, 0.717) is 18.8 Å². The molecule has 0 bridgehead atoms. The monoisotopic (exact) mass is 269 g/mol. The predicted octanol–water partition coefficient (Wildman–Crippen LogP) is 1.37. The Morgan fingerprint density at radius 1 is 1.16 bits per heavy atom. The average Bonchev–Trinajstić information content (AvgIpc) is 2.89. The Kier molecular flexibility index (Phi) is 4.80. The minimum atomic E-state index is -0.755. The van der Waals surface area contributed by atoms with Crippen LogP contribution in [0, 0.1) is 17.8 Å². The number of carboxylic acid groups (broad SMARTS) is 1. The lowest BCUT2D eigenvalue weighted by Gasteiger charge is -2.33. The van der Waals surface area contributed by atoms with Crippen LogP contribution in [-0.2, 0) is 14.3 Å². The molecular formula is C14H23NO4. The molecule has 5 nitrogen and oxygen atoms in total. The van der Waals surface area contributed by atoms with Gasteiger partial charge in [0, 0.05) is 32.7 Å². The van der Waals surface area contributed by atoms with Crippen LogP contribution in [0.3, 0.4) is 0 Å². The first-order chi connectivity index (χ1) is 9.11. The van der Waals surface area contributed by atoms with E-state index in [4.69, 9.17) is 9.84 Å². The van der Waals surface area contributed by atoms with Crippen LogP contribution in [0.4, 0.5) is 0 Å². The first-order valence-corrected chi connectivity index (χ1v) is 7.12. The first kappa shape index (κ1) is 14.3. The van der Waals surface area contributed by atoms with Gasteiger partial charge in [0.25, 0.3) is 0 Å². The highest BCUT2D eigenvalue weighted by Crippen LogP contribution is 2.33. The Bertz CT molecular complexity index is 336. The fourth-order valence-corrected chi connectivity index (χ4v) is 3.24. The standard InChI is InChI=1S/C14H23NO4/c1-19-9-10-4-6-15(7-5-10)13(16)11-2-3-12(8-11)14(17)18/h10-12H,2-9H2,1H3,(H,17,18)/t11-,12+/m1/s1. The molecule has 108 valence electrons. The number of carboxylic acids is 1. The molecule has 0 radical (unpaired) electrons. The van der Waals surface area contributed by atoms with E-state index < -0.39 is 5.97 Å². The van der Waals surface area contributed by atoms with Crippen molar-refractivity contribution in [1.82, 2.24) is 4.90 Å². The molecule has 0 aromatic rings. The van der Waals surface area contributed by atoms with Crippen molar-refractivity contribution >= 4 is 11.9 Å². The molecule has 0 aromatic carbocycles. The summed E-state index contributed by atoms with van der Waals surface area (Å²) < 4.78 is 5.15. The number of aliphatic carboxylic acids is 1. The van der Waals surface area contributed by atoms with Crippen LogP contribution in [0.1, 0.15) is 32.1 Å². The van der Waals surface area contributed by atoms with Gasteiger partial charge < -0.3 is 14.7 Å². The van der Waals surface area contributed by atoms with Gasteiger partial charge in [-0.05, 0) is 38.0 Å². The number of hydrogen-bond donors (Lipinski definition) is 1. The lowest BCUT2D eigenvalue weighted by atomic mass is 9.96. The summed E-state index contributed by atoms with van der Waals surface area (Å²) in [4.78, 5) is 25.2. The van der Waals surface area contributed by atoms with E-state index in [1.807, 2.05) is 4.90 Å². The number of piperidine rings is 1. The Morgan fingerprint density at radius 3 is 2.32 bits per heavy atom. The molecule has 1 saturated carbocycles. The Hall–Kier alpha value is -1.10. The smallest absolute Gasteiger partial charge is 0.306 e. The zero-order valence-electron chi connectivity index (χ0n) is 11.5. The summed E-state index contributed by atoms with van der Waals surface area (Å²) in [5, 5.41) is 8.98. The Balaban J connectivity index is 1.80. The molecule has 2 aliphatic rings. The minimum absolute atomic E-state index is 0.0694. The third-order valence-corrected chi connectivity index (χ3v) is 4.46. The van der Waals surface area contributed by atoms with E-state index in [1.54, 1.807) is 7.11 Å². The zero-order valence-corrected chi connectivity index (χ0v) is 11.5. The molecule has 5 heteroatoms. The summed E-state index contributed by atoms with van der Waals surface area (Å²) >= 11 is 0. The van der Waals surface area contributed by atoms with E-state index in [0.717, 1.165) is 39.0 Å². The molecule has 2 fully saturated rings. The van der Waals surface area contributed by atoms with Gasteiger partial charge in [0.05, 0.1) is 5.92 Å². The average molecular weight is 269 g/mol. The van der Waals surface area contributed by atoms with E-state index in [-0.39, 0.29) is 17.7 Å². The van der Waals surface area contributed by atoms with Crippen LogP contribution in [-0.4, -0.2) is 48.7 Å². The largest absolute Gasteiger partial charge is 0.481 e. The molecule has 2 rings (SSSR count). The van der Waals surface area contributed by atoms with Crippen molar-refractivity contribution < 1.29 is 19.4 Å². The topological polar surface area (TPSA) is 66.8 Å². The van der Waals surface area contributed by atoms with Crippen molar-refractivity contribution in [2.45, 2.75) is 32.1 Å². The molecule has 1 aliphatic carbocycles. The van der Waals surface area contributed by atoms with Gasteiger partial charge in [-0.2, -0.15) is 0 Å². The highest BCUT2D eigenvalue weighted by molar-refractivity contribution is 5.81. The Morgan fingerprint density at radius 2 is 1.79 bits per heavy atom. The zero-order chi connectivity index (χ0) is 13.8. The fraction of sp³-hybridized carbons (Fsp3) is 0.857. The van der Waals surface area contributed by atoms with Gasteiger partial charge in [-0.1, -0.05) is 0 Å². The number of methoxy groups -OCH3 is 1. The molecule has 1 N–H and O–H groups in total. The summed E-state index contributed by atoms with van der Waals surface area (Å²) in [7, 11) is 1.71. The molecule has 0 aromatic heterocycles. The van der Waals surface area contributed by atoms with Crippen LogP contribution in [0.5, 0.6) is 0 Å². The maximum Gasteiger partial charge on any atom is 0.306 e. The van der Waals surface area contributed by atoms with Crippen LogP contribution in [0.2, 0.25) is 0 Å². The van der Waals surface area contributed by atoms with Gasteiger partial charge >= 0.3 is 5.97 Å². The molecule has 0 unspecified atom stereocenters. The van der Waals surface area contributed by atoms with E-state index in [1.165, 1.54) is 0 Å². The van der Waals surface area contributed by atoms with Crippen LogP contribution < -0.4 is 0 Å². The van der Waals surface area contributed by atoms with Crippen molar-refractivity contribution in [2.24, 2.45) is 17.8 Å². The lowest BCUT2D eigenvalue weighted by Crippen LogP contribution is -2.42. The number of nitrogens with zero attached hydrogens (tertiary/aromatic N) is 1. The summed E-state index contributed by atoms with van der Waals surface area (Å²) in [6.45, 7) is 2.36. The molecule has 2 atom stereocenters. The van der Waals surface area contributed by atoms with Crippen LogP contribution in [0.25, 0.3) is 0 Å². The number of likely N-dealkylation sites (tertiary alicyclic amines) is 1. The summed E-state index contributed by atoms with van der Waals surface area (Å²) in [5.74, 6) is -0.418. The number of carbonyl (C=O) groups is 2. The third kappa shape index (κ3) is 3.47. The fourth-order valence-electron chi connectivity index (χ4n) is 3.24. The van der Waals surface area contributed by atoms with Gasteiger partial charge in [-0.3, -0.25) is 9.59 Å². The second-order valence-electron chi connectivity index (χ2n) is 5.77. The SMILES string of the molecule is COCC1CCN(C(=O)[C@@H]2CC[C@H](C(=O)O)C2)CC1. The van der Waals surface area contributed by atoms with E-state index in [2.05, 4.69) is 0 Å². The second-order valence-corrected chi connectivity index (χ2v) is 5.77. The second kappa shape index (κ2) is 6.37. The van der Waals surface area contributed by atoms with Crippen LogP contribution >= 0.6 is 0 Å². The molecule has 0 spiro atoms. The molecular weight excluding hydrogens is 246 g/mol. The molecule has 1 amide bonds. The van der Waals surface area contributed by atoms with Crippen molar-refractivity contribution in [3.8, 4) is 0 Å². The van der Waals surface area contributed by atoms with Crippen molar-refractivity contribution in [3.63, 3.8) is 0 Å². The van der Waals surface area contributed by atoms with Crippen LogP contribution in [0.15, 0.2) is 0 Å². The maximum absolute atomic E-state index is 12.3. The quantitative estimate of drug-likeness (QED) is 0.837. The molecule has 19 heavy (non-hydrogen) atoms. The molecule has 1 saturated heterocycles.